The fourth-order valence-corrected chi connectivity index (χ4v) is 3.52. The van der Waals surface area contributed by atoms with Crippen molar-refractivity contribution in [2.24, 2.45) is 0 Å². The molecular formula is C20H24FN2O2+. The molecule has 4 atom stereocenters. The van der Waals surface area contributed by atoms with Gasteiger partial charge in [0.2, 0.25) is 0 Å². The molecule has 25 heavy (non-hydrogen) atoms. The molecule has 0 aliphatic carbocycles. The Morgan fingerprint density at radius 1 is 1.08 bits per heavy atom. The summed E-state index contributed by atoms with van der Waals surface area (Å²) in [5, 5.41) is 2.93. The fraction of sp³-hybridized carbons (Fsp3) is 0.350. The van der Waals surface area contributed by atoms with Gasteiger partial charge in [0.05, 0.1) is 0 Å². The number of hydrogen-bond acceptors (Lipinski definition) is 2. The van der Waals surface area contributed by atoms with Crippen molar-refractivity contribution in [3.05, 3.63) is 66.0 Å². The van der Waals surface area contributed by atoms with Gasteiger partial charge in [-0.25, -0.2) is 4.39 Å². The summed E-state index contributed by atoms with van der Waals surface area (Å²) in [4.78, 5) is 14.2. The van der Waals surface area contributed by atoms with Crippen LogP contribution in [0.2, 0.25) is 0 Å². The summed E-state index contributed by atoms with van der Waals surface area (Å²) in [7, 11) is 0. The van der Waals surface area contributed by atoms with Crippen LogP contribution in [0.3, 0.4) is 0 Å². The second-order valence-electron chi connectivity index (χ2n) is 6.66. The maximum atomic E-state index is 13.1. The lowest BCUT2D eigenvalue weighted by Crippen LogP contribution is -3.16. The predicted octanol–water partition coefficient (Wildman–Crippen LogP) is 2.20. The molecular weight excluding hydrogens is 319 g/mol. The van der Waals surface area contributed by atoms with Gasteiger partial charge in [-0.1, -0.05) is 30.3 Å². The summed E-state index contributed by atoms with van der Waals surface area (Å²) >= 11 is 0. The van der Waals surface area contributed by atoms with Crippen molar-refractivity contribution < 1.29 is 18.8 Å². The summed E-state index contributed by atoms with van der Waals surface area (Å²) in [5.41, 5.74) is 1.57. The van der Waals surface area contributed by atoms with Gasteiger partial charge in [-0.15, -0.1) is 0 Å². The molecule has 0 radical (unpaired) electrons. The Bertz CT molecular complexity index is 695. The van der Waals surface area contributed by atoms with Crippen molar-refractivity contribution in [1.29, 1.82) is 0 Å². The van der Waals surface area contributed by atoms with E-state index in [0.29, 0.717) is 5.69 Å². The number of morpholine rings is 1. The number of hydrogen-bond donors (Lipinski definition) is 2. The molecule has 2 aromatic rings. The molecule has 1 unspecified atom stereocenters. The van der Waals surface area contributed by atoms with E-state index >= 15 is 0 Å². The molecule has 0 saturated carbocycles. The van der Waals surface area contributed by atoms with Crippen LogP contribution in [0.15, 0.2) is 54.6 Å². The molecule has 1 aliphatic heterocycles. The first-order valence-electron chi connectivity index (χ1n) is 8.64. The van der Waals surface area contributed by atoms with E-state index in [4.69, 9.17) is 4.74 Å². The zero-order valence-corrected chi connectivity index (χ0v) is 14.5. The Hall–Kier alpha value is -2.24. The largest absolute Gasteiger partial charge is 0.364 e. The third-order valence-corrected chi connectivity index (χ3v) is 4.48. The summed E-state index contributed by atoms with van der Waals surface area (Å²) in [6.45, 7) is 5.60. The highest BCUT2D eigenvalue weighted by atomic mass is 19.1. The van der Waals surface area contributed by atoms with Crippen LogP contribution in [0.25, 0.3) is 0 Å². The number of halogens is 1. The van der Waals surface area contributed by atoms with E-state index in [0.717, 1.165) is 18.7 Å². The molecule has 2 aromatic carbocycles. The van der Waals surface area contributed by atoms with Crippen molar-refractivity contribution >= 4 is 11.6 Å². The first kappa shape index (κ1) is 17.6. The topological polar surface area (TPSA) is 42.8 Å². The molecule has 2 N–H and O–H groups in total. The van der Waals surface area contributed by atoms with E-state index in [9.17, 15) is 9.18 Å². The zero-order chi connectivity index (χ0) is 17.8. The number of ether oxygens (including phenoxy) is 1. The summed E-state index contributed by atoms with van der Waals surface area (Å²) in [5.74, 6) is -0.409. The van der Waals surface area contributed by atoms with E-state index in [-0.39, 0.29) is 30.0 Å². The van der Waals surface area contributed by atoms with Crippen LogP contribution in [-0.4, -0.2) is 31.2 Å². The number of benzene rings is 2. The number of carbonyl (C=O) groups is 1. The van der Waals surface area contributed by atoms with Gasteiger partial charge in [0, 0.05) is 11.3 Å². The minimum atomic E-state index is -0.333. The number of quaternary nitrogens is 1. The molecule has 3 rings (SSSR count). The normalized spacial score (nSPS) is 24.5. The Morgan fingerprint density at radius 2 is 1.68 bits per heavy atom. The van der Waals surface area contributed by atoms with Crippen molar-refractivity contribution in [3.8, 4) is 0 Å². The maximum absolute atomic E-state index is 13.1. The van der Waals surface area contributed by atoms with Gasteiger partial charge in [0.25, 0.3) is 5.91 Å². The number of carbonyl (C=O) groups excluding carboxylic acids is 1. The highest BCUT2D eigenvalue weighted by Crippen LogP contribution is 2.16. The molecule has 5 heteroatoms. The fourth-order valence-electron chi connectivity index (χ4n) is 3.52. The molecule has 1 heterocycles. The number of nitrogens with one attached hydrogen (secondary N) is 2. The molecule has 1 fully saturated rings. The number of anilines is 1. The van der Waals surface area contributed by atoms with E-state index in [1.807, 2.05) is 44.2 Å². The van der Waals surface area contributed by atoms with Crippen molar-refractivity contribution in [1.82, 2.24) is 0 Å². The summed E-state index contributed by atoms with van der Waals surface area (Å²) < 4.78 is 18.9. The molecule has 1 saturated heterocycles. The van der Waals surface area contributed by atoms with Crippen LogP contribution in [0.5, 0.6) is 0 Å². The van der Waals surface area contributed by atoms with Crippen molar-refractivity contribution in [2.75, 3.05) is 18.4 Å². The Balaban J connectivity index is 1.85. The van der Waals surface area contributed by atoms with Crippen LogP contribution in [0, 0.1) is 5.82 Å². The van der Waals surface area contributed by atoms with E-state index < -0.39 is 0 Å². The van der Waals surface area contributed by atoms with Crippen molar-refractivity contribution in [2.45, 2.75) is 32.1 Å². The first-order chi connectivity index (χ1) is 12.0. The first-order valence-corrected chi connectivity index (χ1v) is 8.64. The molecule has 0 spiro atoms. The number of rotatable bonds is 4. The predicted molar refractivity (Wildman–Crippen MR) is 94.9 cm³/mol. The van der Waals surface area contributed by atoms with E-state index in [1.165, 1.54) is 17.0 Å². The Labute approximate surface area is 147 Å². The lowest BCUT2D eigenvalue weighted by Gasteiger charge is -2.36. The molecule has 0 aromatic heterocycles. The van der Waals surface area contributed by atoms with Gasteiger partial charge in [-0.05, 0) is 38.1 Å². The van der Waals surface area contributed by atoms with Gasteiger partial charge in [-0.3, -0.25) is 4.79 Å². The van der Waals surface area contributed by atoms with Crippen LogP contribution in [0.1, 0.15) is 25.5 Å². The van der Waals surface area contributed by atoms with Gasteiger partial charge in [-0.2, -0.15) is 0 Å². The van der Waals surface area contributed by atoms with E-state index in [2.05, 4.69) is 5.32 Å². The molecule has 4 nitrogen and oxygen atoms in total. The van der Waals surface area contributed by atoms with Gasteiger partial charge >= 0.3 is 0 Å². The maximum Gasteiger partial charge on any atom is 0.287 e. The van der Waals surface area contributed by atoms with Crippen LogP contribution < -0.4 is 10.2 Å². The average molecular weight is 343 g/mol. The minimum absolute atomic E-state index is 0.0888. The van der Waals surface area contributed by atoms with Crippen molar-refractivity contribution in [3.63, 3.8) is 0 Å². The van der Waals surface area contributed by atoms with Crippen LogP contribution in [-0.2, 0) is 9.53 Å². The second-order valence-corrected chi connectivity index (χ2v) is 6.66. The molecule has 132 valence electrons. The molecule has 1 amide bonds. The highest BCUT2D eigenvalue weighted by molar-refractivity contribution is 5.94. The van der Waals surface area contributed by atoms with Gasteiger partial charge in [0.1, 0.15) is 31.1 Å². The van der Waals surface area contributed by atoms with Crippen LogP contribution >= 0.6 is 0 Å². The quantitative estimate of drug-likeness (QED) is 0.894. The SMILES string of the molecule is C[C@@H]1C[NH+]([C@H](C(=O)Nc2ccc(F)cc2)c2ccccc2)C[C@H](C)O1. The average Bonchev–Trinajstić information content (AvgIpc) is 2.57. The standard InChI is InChI=1S/C20H23FN2O2/c1-14-12-23(13-15(2)25-14)19(16-6-4-3-5-7-16)20(24)22-18-10-8-17(21)9-11-18/h3-11,14-15,19H,12-13H2,1-2H3,(H,22,24)/p+1/t14-,15+,19-/m0/s1. The van der Waals surface area contributed by atoms with Gasteiger partial charge < -0.3 is 15.0 Å². The lowest BCUT2D eigenvalue weighted by atomic mass is 10.0. The molecule has 0 bridgehead atoms. The lowest BCUT2D eigenvalue weighted by molar-refractivity contribution is -0.936. The van der Waals surface area contributed by atoms with E-state index in [1.54, 1.807) is 12.1 Å². The minimum Gasteiger partial charge on any atom is -0.364 e. The smallest absolute Gasteiger partial charge is 0.287 e. The Morgan fingerprint density at radius 3 is 2.28 bits per heavy atom. The number of amides is 1. The highest BCUT2D eigenvalue weighted by Gasteiger charge is 2.37. The molecule has 1 aliphatic rings. The third kappa shape index (κ3) is 4.44. The monoisotopic (exact) mass is 343 g/mol. The third-order valence-electron chi connectivity index (χ3n) is 4.48. The zero-order valence-electron chi connectivity index (χ0n) is 14.5. The summed E-state index contributed by atoms with van der Waals surface area (Å²) in [6, 6.07) is 15.3. The Kier molecular flexibility index (Phi) is 5.46. The summed E-state index contributed by atoms with van der Waals surface area (Å²) in [6.07, 6.45) is 0.201. The van der Waals surface area contributed by atoms with Gasteiger partial charge in [0.15, 0.2) is 6.04 Å². The second kappa shape index (κ2) is 7.76. The van der Waals surface area contributed by atoms with Crippen LogP contribution in [0.4, 0.5) is 10.1 Å².